The molecule has 0 bridgehead atoms. The average molecular weight is 255 g/mol. The van der Waals surface area contributed by atoms with E-state index >= 15 is 0 Å². The zero-order valence-electron chi connectivity index (χ0n) is 7.97. The maximum atomic E-state index is 12.4. The van der Waals surface area contributed by atoms with Crippen molar-refractivity contribution in [2.24, 2.45) is 0 Å². The van der Waals surface area contributed by atoms with Crippen molar-refractivity contribution in [1.29, 1.82) is 0 Å². The zero-order valence-corrected chi connectivity index (χ0v) is 7.97. The molecule has 0 aliphatic rings. The van der Waals surface area contributed by atoms with Crippen molar-refractivity contribution in [2.75, 3.05) is 0 Å². The van der Waals surface area contributed by atoms with Gasteiger partial charge in [0.05, 0.1) is 5.56 Å². The summed E-state index contributed by atoms with van der Waals surface area (Å²) in [4.78, 5) is 23.4. The second-order valence-electron chi connectivity index (χ2n) is 2.82. The lowest BCUT2D eigenvalue weighted by atomic mass is 10.1. The molecule has 0 aliphatic carbocycles. The molecule has 2 N–H and O–H groups in total. The lowest BCUT2D eigenvalue weighted by Gasteiger charge is -2.12. The van der Waals surface area contributed by atoms with Crippen LogP contribution in [-0.2, 0) is 6.67 Å². The fraction of sp³-hybridized carbons (Fsp3) is 0.250. The summed E-state index contributed by atoms with van der Waals surface area (Å²) in [6.45, 7) is -1.52. The Morgan fingerprint density at radius 2 is 2.06 bits per heavy atom. The smallest absolute Gasteiger partial charge is 0.478 e. The predicted octanol–water partition coefficient (Wildman–Crippen LogP) is 1.44. The summed E-state index contributed by atoms with van der Waals surface area (Å²) >= 11 is 0. The van der Waals surface area contributed by atoms with Crippen LogP contribution < -0.4 is 10.3 Å². The van der Waals surface area contributed by atoms with Gasteiger partial charge < -0.3 is 14.8 Å². The largest absolute Gasteiger partial charge is 0.573 e. The second kappa shape index (κ2) is 4.44. The number of carbonyl (C=O) groups is 1. The van der Waals surface area contributed by atoms with Crippen molar-refractivity contribution in [3.63, 3.8) is 0 Å². The van der Waals surface area contributed by atoms with Crippen LogP contribution in [0.1, 0.15) is 15.9 Å². The van der Waals surface area contributed by atoms with Gasteiger partial charge in [0.15, 0.2) is 5.75 Å². The molecule has 1 aromatic rings. The Bertz CT molecular complexity index is 493. The van der Waals surface area contributed by atoms with Gasteiger partial charge in [-0.25, -0.2) is 9.18 Å². The molecular formula is C8H5F4NO4. The highest BCUT2D eigenvalue weighted by Gasteiger charge is 2.34. The number of aromatic nitrogens is 1. The number of aromatic carboxylic acids is 1. The zero-order chi connectivity index (χ0) is 13.2. The first kappa shape index (κ1) is 13.0. The average Bonchev–Trinajstić information content (AvgIpc) is 2.17. The van der Waals surface area contributed by atoms with Gasteiger partial charge in [-0.05, 0) is 0 Å². The maximum Gasteiger partial charge on any atom is 0.573 e. The van der Waals surface area contributed by atoms with Crippen LogP contribution in [0.15, 0.2) is 11.0 Å². The Kier molecular flexibility index (Phi) is 3.39. The number of H-pyrrole nitrogens is 1. The lowest BCUT2D eigenvalue weighted by Crippen LogP contribution is -2.23. The molecule has 1 heterocycles. The second-order valence-corrected chi connectivity index (χ2v) is 2.82. The molecule has 5 nitrogen and oxygen atoms in total. The molecule has 0 unspecified atom stereocenters. The van der Waals surface area contributed by atoms with Crippen LogP contribution in [-0.4, -0.2) is 22.4 Å². The minimum Gasteiger partial charge on any atom is -0.478 e. The number of halogens is 4. The highest BCUT2D eigenvalue weighted by atomic mass is 19.4. The summed E-state index contributed by atoms with van der Waals surface area (Å²) < 4.78 is 51.5. The molecule has 0 amide bonds. The van der Waals surface area contributed by atoms with Gasteiger partial charge in [-0.15, -0.1) is 13.2 Å². The Morgan fingerprint density at radius 3 is 2.47 bits per heavy atom. The monoisotopic (exact) mass is 255 g/mol. The third kappa shape index (κ3) is 2.95. The minimum absolute atomic E-state index is 0.415. The van der Waals surface area contributed by atoms with E-state index < -0.39 is 41.4 Å². The first-order valence-electron chi connectivity index (χ1n) is 4.06. The SMILES string of the molecule is O=C(O)c1c(OC(F)(F)F)c[nH]c(=O)c1CF. The Morgan fingerprint density at radius 1 is 1.47 bits per heavy atom. The van der Waals surface area contributed by atoms with Gasteiger partial charge in [0.2, 0.25) is 0 Å². The molecule has 0 saturated heterocycles. The highest BCUT2D eigenvalue weighted by Crippen LogP contribution is 2.26. The number of aromatic amines is 1. The molecule has 17 heavy (non-hydrogen) atoms. The van der Waals surface area contributed by atoms with Gasteiger partial charge in [-0.2, -0.15) is 0 Å². The maximum absolute atomic E-state index is 12.4. The van der Waals surface area contributed by atoms with E-state index in [2.05, 4.69) is 4.74 Å². The lowest BCUT2D eigenvalue weighted by molar-refractivity contribution is -0.274. The third-order valence-corrected chi connectivity index (χ3v) is 1.73. The van der Waals surface area contributed by atoms with Crippen molar-refractivity contribution >= 4 is 5.97 Å². The van der Waals surface area contributed by atoms with E-state index in [9.17, 15) is 27.2 Å². The van der Waals surface area contributed by atoms with Crippen LogP contribution in [0, 0.1) is 0 Å². The Hall–Kier alpha value is -2.06. The number of pyridine rings is 1. The van der Waals surface area contributed by atoms with Gasteiger partial charge in [0.1, 0.15) is 12.2 Å². The van der Waals surface area contributed by atoms with Gasteiger partial charge >= 0.3 is 12.3 Å². The van der Waals surface area contributed by atoms with Gasteiger partial charge in [0.25, 0.3) is 5.56 Å². The molecule has 0 saturated carbocycles. The predicted molar refractivity (Wildman–Crippen MR) is 45.5 cm³/mol. The summed E-state index contributed by atoms with van der Waals surface area (Å²) in [6, 6.07) is 0. The molecule has 0 aromatic carbocycles. The van der Waals surface area contributed by atoms with Crippen molar-refractivity contribution in [2.45, 2.75) is 13.0 Å². The Labute approximate surface area is 90.6 Å². The van der Waals surface area contributed by atoms with E-state index in [1.807, 2.05) is 0 Å². The van der Waals surface area contributed by atoms with Gasteiger partial charge in [-0.1, -0.05) is 0 Å². The number of alkyl halides is 4. The number of ether oxygens (including phenoxy) is 1. The summed E-state index contributed by atoms with van der Waals surface area (Å²) in [5.74, 6) is -3.06. The quantitative estimate of drug-likeness (QED) is 0.801. The van der Waals surface area contributed by atoms with Crippen LogP contribution in [0.4, 0.5) is 17.6 Å². The topological polar surface area (TPSA) is 79.4 Å². The summed E-state index contributed by atoms with van der Waals surface area (Å²) in [7, 11) is 0. The van der Waals surface area contributed by atoms with E-state index in [0.29, 0.717) is 6.20 Å². The molecule has 0 aliphatic heterocycles. The number of hydrogen-bond acceptors (Lipinski definition) is 3. The summed E-state index contributed by atoms with van der Waals surface area (Å²) in [5, 5.41) is 8.63. The summed E-state index contributed by atoms with van der Waals surface area (Å²) in [5.41, 5.74) is -3.20. The first-order valence-corrected chi connectivity index (χ1v) is 4.06. The van der Waals surface area contributed by atoms with Gasteiger partial charge in [-0.3, -0.25) is 4.79 Å². The fourth-order valence-electron chi connectivity index (χ4n) is 1.12. The van der Waals surface area contributed by atoms with Crippen molar-refractivity contribution < 1.29 is 32.2 Å². The summed E-state index contributed by atoms with van der Waals surface area (Å²) in [6.07, 6.45) is -4.73. The number of carboxylic acid groups (broad SMARTS) is 1. The number of nitrogens with one attached hydrogen (secondary N) is 1. The number of carboxylic acids is 1. The Balaban J connectivity index is 3.41. The highest BCUT2D eigenvalue weighted by molar-refractivity contribution is 5.92. The molecule has 0 spiro atoms. The number of hydrogen-bond donors (Lipinski definition) is 2. The normalized spacial score (nSPS) is 11.3. The van der Waals surface area contributed by atoms with Crippen molar-refractivity contribution in [1.82, 2.24) is 4.98 Å². The van der Waals surface area contributed by atoms with E-state index in [-0.39, 0.29) is 0 Å². The van der Waals surface area contributed by atoms with Crippen LogP contribution in [0.5, 0.6) is 5.75 Å². The third-order valence-electron chi connectivity index (χ3n) is 1.73. The van der Waals surface area contributed by atoms with Gasteiger partial charge in [0, 0.05) is 6.20 Å². The molecule has 0 atom stereocenters. The van der Waals surface area contributed by atoms with Crippen molar-refractivity contribution in [3.05, 3.63) is 27.7 Å². The van der Waals surface area contributed by atoms with Crippen LogP contribution >= 0.6 is 0 Å². The first-order chi connectivity index (χ1) is 7.76. The molecule has 1 rings (SSSR count). The van der Waals surface area contributed by atoms with E-state index in [1.165, 1.54) is 0 Å². The van der Waals surface area contributed by atoms with Crippen LogP contribution in [0.3, 0.4) is 0 Å². The fourth-order valence-corrected chi connectivity index (χ4v) is 1.12. The standard InChI is InChI=1S/C8H5F4NO4/c9-1-3-5(7(15)16)4(2-13-6(3)14)17-8(10,11)12/h2H,1H2,(H,13,14)(H,15,16). The molecule has 0 radical (unpaired) electrons. The van der Waals surface area contributed by atoms with E-state index in [4.69, 9.17) is 5.11 Å². The molecule has 9 heteroatoms. The number of rotatable bonds is 3. The molecular weight excluding hydrogens is 250 g/mol. The molecule has 0 fully saturated rings. The minimum atomic E-state index is -5.14. The van der Waals surface area contributed by atoms with E-state index in [1.54, 1.807) is 4.98 Å². The van der Waals surface area contributed by atoms with Crippen LogP contribution in [0.25, 0.3) is 0 Å². The molecule has 1 aromatic heterocycles. The van der Waals surface area contributed by atoms with E-state index in [0.717, 1.165) is 0 Å². The van der Waals surface area contributed by atoms with Crippen molar-refractivity contribution in [3.8, 4) is 5.75 Å². The molecule has 94 valence electrons. The van der Waals surface area contributed by atoms with Crippen LogP contribution in [0.2, 0.25) is 0 Å².